The van der Waals surface area contributed by atoms with E-state index in [1.807, 2.05) is 6.07 Å². The summed E-state index contributed by atoms with van der Waals surface area (Å²) in [6.45, 7) is 3.33. The lowest BCUT2D eigenvalue weighted by Crippen LogP contribution is -2.44. The molecule has 4 heteroatoms. The van der Waals surface area contributed by atoms with Gasteiger partial charge in [-0.25, -0.2) is 0 Å². The number of carbonyl (C=O) groups is 1. The van der Waals surface area contributed by atoms with Gasteiger partial charge in [-0.1, -0.05) is 0 Å². The van der Waals surface area contributed by atoms with Crippen molar-refractivity contribution in [3.63, 3.8) is 0 Å². The standard InChI is InChI=1S/C7H11ClN2O/c1-7(2,5-9)10(3)6(11)4-8/h4H2,1-3H3. The van der Waals surface area contributed by atoms with Crippen LogP contribution in [0.25, 0.3) is 0 Å². The Kier molecular flexibility index (Phi) is 3.34. The van der Waals surface area contributed by atoms with E-state index < -0.39 is 5.54 Å². The van der Waals surface area contributed by atoms with Crippen molar-refractivity contribution >= 4 is 17.5 Å². The highest BCUT2D eigenvalue weighted by molar-refractivity contribution is 6.27. The van der Waals surface area contributed by atoms with Crippen LogP contribution in [0.5, 0.6) is 0 Å². The first-order valence-electron chi connectivity index (χ1n) is 3.19. The van der Waals surface area contributed by atoms with E-state index >= 15 is 0 Å². The van der Waals surface area contributed by atoms with Crippen molar-refractivity contribution in [3.8, 4) is 6.07 Å². The lowest BCUT2D eigenvalue weighted by Gasteiger charge is -2.28. The van der Waals surface area contributed by atoms with Crippen LogP contribution in [0.4, 0.5) is 0 Å². The Morgan fingerprint density at radius 3 is 2.45 bits per heavy atom. The summed E-state index contributed by atoms with van der Waals surface area (Å²) in [6.07, 6.45) is 0. The van der Waals surface area contributed by atoms with Crippen LogP contribution in [-0.2, 0) is 4.79 Å². The van der Waals surface area contributed by atoms with Crippen LogP contribution < -0.4 is 0 Å². The molecule has 0 aliphatic rings. The van der Waals surface area contributed by atoms with E-state index in [0.717, 1.165) is 0 Å². The Hall–Kier alpha value is -0.750. The molecule has 0 radical (unpaired) electrons. The van der Waals surface area contributed by atoms with Crippen LogP contribution in [-0.4, -0.2) is 29.3 Å². The smallest absolute Gasteiger partial charge is 0.238 e. The van der Waals surface area contributed by atoms with E-state index in [4.69, 9.17) is 16.9 Å². The third kappa shape index (κ3) is 2.39. The lowest BCUT2D eigenvalue weighted by molar-refractivity contribution is -0.130. The third-order valence-corrected chi connectivity index (χ3v) is 1.83. The van der Waals surface area contributed by atoms with E-state index in [1.54, 1.807) is 20.9 Å². The number of carbonyl (C=O) groups excluding carboxylic acids is 1. The van der Waals surface area contributed by atoms with Crippen molar-refractivity contribution in [1.82, 2.24) is 4.90 Å². The molecule has 0 bridgehead atoms. The van der Waals surface area contributed by atoms with Crippen LogP contribution in [0.3, 0.4) is 0 Å². The molecular weight excluding hydrogens is 164 g/mol. The van der Waals surface area contributed by atoms with Gasteiger partial charge in [0.15, 0.2) is 0 Å². The monoisotopic (exact) mass is 174 g/mol. The van der Waals surface area contributed by atoms with Gasteiger partial charge in [-0.3, -0.25) is 4.79 Å². The molecule has 11 heavy (non-hydrogen) atoms. The molecule has 0 heterocycles. The van der Waals surface area contributed by atoms with Crippen LogP contribution in [0.2, 0.25) is 0 Å². The molecule has 0 aromatic carbocycles. The van der Waals surface area contributed by atoms with E-state index in [-0.39, 0.29) is 11.8 Å². The highest BCUT2D eigenvalue weighted by atomic mass is 35.5. The van der Waals surface area contributed by atoms with Crippen LogP contribution in [0.15, 0.2) is 0 Å². The van der Waals surface area contributed by atoms with Crippen molar-refractivity contribution < 1.29 is 4.79 Å². The van der Waals surface area contributed by atoms with Gasteiger partial charge >= 0.3 is 0 Å². The molecule has 0 fully saturated rings. The zero-order chi connectivity index (χ0) is 9.07. The zero-order valence-electron chi connectivity index (χ0n) is 6.89. The van der Waals surface area contributed by atoms with Gasteiger partial charge in [0.1, 0.15) is 11.4 Å². The SMILES string of the molecule is CN(C(=O)CCl)C(C)(C)C#N. The van der Waals surface area contributed by atoms with Gasteiger partial charge in [0.05, 0.1) is 6.07 Å². The molecule has 0 saturated heterocycles. The predicted molar refractivity (Wildman–Crippen MR) is 43.2 cm³/mol. The number of halogens is 1. The zero-order valence-corrected chi connectivity index (χ0v) is 7.64. The maximum Gasteiger partial charge on any atom is 0.238 e. The van der Waals surface area contributed by atoms with Crippen LogP contribution >= 0.6 is 11.6 Å². The fraction of sp³-hybridized carbons (Fsp3) is 0.714. The number of amides is 1. The second-order valence-electron chi connectivity index (χ2n) is 2.76. The molecule has 3 nitrogen and oxygen atoms in total. The highest BCUT2D eigenvalue weighted by Crippen LogP contribution is 2.10. The lowest BCUT2D eigenvalue weighted by atomic mass is 10.1. The molecule has 0 saturated carbocycles. The van der Waals surface area contributed by atoms with Gasteiger partial charge in [-0.2, -0.15) is 5.26 Å². The summed E-state index contributed by atoms with van der Waals surface area (Å²) in [5, 5.41) is 8.62. The molecule has 0 spiro atoms. The summed E-state index contributed by atoms with van der Waals surface area (Å²) >= 11 is 5.31. The van der Waals surface area contributed by atoms with E-state index in [0.29, 0.717) is 0 Å². The van der Waals surface area contributed by atoms with Gasteiger partial charge in [0, 0.05) is 7.05 Å². The normalized spacial score (nSPS) is 10.5. The number of nitrogens with zero attached hydrogens (tertiary/aromatic N) is 2. The number of alkyl halides is 1. The second kappa shape index (κ2) is 3.59. The number of hydrogen-bond acceptors (Lipinski definition) is 2. The van der Waals surface area contributed by atoms with Gasteiger partial charge in [-0.05, 0) is 13.8 Å². The summed E-state index contributed by atoms with van der Waals surface area (Å²) in [7, 11) is 1.56. The number of rotatable bonds is 2. The Labute approximate surface area is 71.5 Å². The molecule has 1 amide bonds. The first-order chi connectivity index (χ1) is 4.95. The fourth-order valence-electron chi connectivity index (χ4n) is 0.476. The minimum absolute atomic E-state index is 0.0817. The summed E-state index contributed by atoms with van der Waals surface area (Å²) < 4.78 is 0. The quantitative estimate of drug-likeness (QED) is 0.586. The van der Waals surface area contributed by atoms with Crippen molar-refractivity contribution in [2.45, 2.75) is 19.4 Å². The minimum atomic E-state index is -0.772. The number of hydrogen-bond donors (Lipinski definition) is 0. The Morgan fingerprint density at radius 2 is 2.18 bits per heavy atom. The molecule has 0 rings (SSSR count). The third-order valence-electron chi connectivity index (χ3n) is 1.60. The average molecular weight is 175 g/mol. The first-order valence-corrected chi connectivity index (χ1v) is 3.73. The Bertz CT molecular complexity index is 195. The molecule has 62 valence electrons. The van der Waals surface area contributed by atoms with E-state index in [1.165, 1.54) is 4.90 Å². The maximum atomic E-state index is 11.0. The van der Waals surface area contributed by atoms with Crippen molar-refractivity contribution in [2.75, 3.05) is 12.9 Å². The van der Waals surface area contributed by atoms with Gasteiger partial charge in [0.25, 0.3) is 0 Å². The van der Waals surface area contributed by atoms with E-state index in [9.17, 15) is 4.79 Å². The molecular formula is C7H11ClN2O. The van der Waals surface area contributed by atoms with Gasteiger partial charge in [-0.15, -0.1) is 11.6 Å². The first kappa shape index (κ1) is 10.2. The van der Waals surface area contributed by atoms with Crippen LogP contribution in [0.1, 0.15) is 13.8 Å². The second-order valence-corrected chi connectivity index (χ2v) is 3.02. The van der Waals surface area contributed by atoms with Crippen LogP contribution in [0, 0.1) is 11.3 Å². The van der Waals surface area contributed by atoms with Crippen molar-refractivity contribution in [3.05, 3.63) is 0 Å². The van der Waals surface area contributed by atoms with Crippen molar-refractivity contribution in [1.29, 1.82) is 5.26 Å². The maximum absolute atomic E-state index is 11.0. The molecule has 0 aliphatic carbocycles. The summed E-state index contributed by atoms with van der Waals surface area (Å²) in [6, 6.07) is 2.00. The highest BCUT2D eigenvalue weighted by Gasteiger charge is 2.26. The molecule has 0 atom stereocenters. The fourth-order valence-corrected chi connectivity index (χ4v) is 0.656. The summed E-state index contributed by atoms with van der Waals surface area (Å²) in [5.41, 5.74) is -0.772. The molecule has 0 N–H and O–H groups in total. The molecule has 0 aliphatic heterocycles. The molecule has 0 aromatic rings. The topological polar surface area (TPSA) is 44.1 Å². The van der Waals surface area contributed by atoms with Gasteiger partial charge in [0.2, 0.25) is 5.91 Å². The largest absolute Gasteiger partial charge is 0.327 e. The predicted octanol–water partition coefficient (Wildman–Crippen LogP) is 0.986. The minimum Gasteiger partial charge on any atom is -0.327 e. The molecule has 0 unspecified atom stereocenters. The Morgan fingerprint density at radius 1 is 1.73 bits per heavy atom. The van der Waals surface area contributed by atoms with E-state index in [2.05, 4.69) is 0 Å². The average Bonchev–Trinajstić information content (AvgIpc) is 2.01. The Balaban J connectivity index is 4.38. The molecule has 0 aromatic heterocycles. The van der Waals surface area contributed by atoms with Crippen molar-refractivity contribution in [2.24, 2.45) is 0 Å². The summed E-state index contributed by atoms with van der Waals surface area (Å²) in [5.74, 6) is -0.319. The summed E-state index contributed by atoms with van der Waals surface area (Å²) in [4.78, 5) is 12.3. The number of nitriles is 1. The van der Waals surface area contributed by atoms with Gasteiger partial charge < -0.3 is 4.90 Å².